The van der Waals surface area contributed by atoms with Gasteiger partial charge in [0.05, 0.1) is 0 Å². The predicted molar refractivity (Wildman–Crippen MR) is 90.6 cm³/mol. The number of likely N-dealkylation sites (N-methyl/N-ethyl adjacent to an activating group) is 1. The van der Waals surface area contributed by atoms with Crippen LogP contribution in [0.1, 0.15) is 44.2 Å². The number of aromatic hydroxyl groups is 1. The maximum absolute atomic E-state index is 12.6. The van der Waals surface area contributed by atoms with E-state index in [4.69, 9.17) is 0 Å². The van der Waals surface area contributed by atoms with Crippen LogP contribution in [-0.4, -0.2) is 52.5 Å². The van der Waals surface area contributed by atoms with Gasteiger partial charge in [-0.1, -0.05) is 25.0 Å². The Labute approximate surface area is 142 Å². The Morgan fingerprint density at radius 1 is 1.33 bits per heavy atom. The van der Waals surface area contributed by atoms with Crippen molar-refractivity contribution in [2.45, 2.75) is 44.2 Å². The van der Waals surface area contributed by atoms with Gasteiger partial charge >= 0.3 is 6.03 Å². The summed E-state index contributed by atoms with van der Waals surface area (Å²) in [6.07, 6.45) is 3.50. The molecule has 1 aromatic rings. The van der Waals surface area contributed by atoms with Crippen LogP contribution in [0.25, 0.3) is 0 Å². The number of imide groups is 1. The molecule has 0 bridgehead atoms. The molecule has 1 atom stereocenters. The van der Waals surface area contributed by atoms with Gasteiger partial charge in [0.2, 0.25) is 0 Å². The number of phenols is 1. The van der Waals surface area contributed by atoms with Gasteiger partial charge in [0.15, 0.2) is 0 Å². The van der Waals surface area contributed by atoms with Crippen LogP contribution in [0.15, 0.2) is 24.3 Å². The molecule has 3 amide bonds. The Morgan fingerprint density at radius 3 is 2.71 bits per heavy atom. The number of rotatable bonds is 5. The second kappa shape index (κ2) is 6.43. The van der Waals surface area contributed by atoms with Gasteiger partial charge in [-0.15, -0.1) is 0 Å². The fourth-order valence-corrected chi connectivity index (χ4v) is 3.69. The predicted octanol–water partition coefficient (Wildman–Crippen LogP) is 2.25. The summed E-state index contributed by atoms with van der Waals surface area (Å²) in [5.41, 5.74) is 0.369. The molecule has 1 aliphatic heterocycles. The van der Waals surface area contributed by atoms with Crippen LogP contribution >= 0.6 is 0 Å². The number of carbonyl (C=O) groups is 2. The van der Waals surface area contributed by atoms with Gasteiger partial charge in [0, 0.05) is 19.1 Å². The standard InChI is InChI=1S/C18H25N3O3/c1-13(14-6-5-7-15(22)12-14)20(2)10-11-21-16(23)18(19-17(21)24)8-3-4-9-18/h5-7,12-13,22H,3-4,8-11H2,1-2H3,(H,19,24). The third kappa shape index (κ3) is 2.98. The fourth-order valence-electron chi connectivity index (χ4n) is 3.69. The molecule has 24 heavy (non-hydrogen) atoms. The summed E-state index contributed by atoms with van der Waals surface area (Å²) < 4.78 is 0. The highest BCUT2D eigenvalue weighted by Crippen LogP contribution is 2.35. The molecular formula is C18H25N3O3. The second-order valence-corrected chi connectivity index (χ2v) is 6.93. The fraction of sp³-hybridized carbons (Fsp3) is 0.556. The van der Waals surface area contributed by atoms with Crippen LogP contribution < -0.4 is 5.32 Å². The highest BCUT2D eigenvalue weighted by molar-refractivity contribution is 6.07. The molecule has 0 aromatic heterocycles. The van der Waals surface area contributed by atoms with Gasteiger partial charge in [-0.3, -0.25) is 14.6 Å². The monoisotopic (exact) mass is 331 g/mol. The summed E-state index contributed by atoms with van der Waals surface area (Å²) in [6, 6.07) is 6.98. The molecule has 1 unspecified atom stereocenters. The Balaban J connectivity index is 1.61. The zero-order chi connectivity index (χ0) is 17.3. The first-order chi connectivity index (χ1) is 11.4. The van der Waals surface area contributed by atoms with E-state index in [1.807, 2.05) is 26.1 Å². The number of amides is 3. The lowest BCUT2D eigenvalue weighted by molar-refractivity contribution is -0.131. The van der Waals surface area contributed by atoms with Crippen molar-refractivity contribution < 1.29 is 14.7 Å². The summed E-state index contributed by atoms with van der Waals surface area (Å²) in [4.78, 5) is 28.2. The van der Waals surface area contributed by atoms with Gasteiger partial charge in [0.1, 0.15) is 11.3 Å². The Hall–Kier alpha value is -2.08. The van der Waals surface area contributed by atoms with Gasteiger partial charge in [0.25, 0.3) is 5.91 Å². The third-order valence-corrected chi connectivity index (χ3v) is 5.39. The zero-order valence-corrected chi connectivity index (χ0v) is 14.3. The van der Waals surface area contributed by atoms with Crippen LogP contribution in [0, 0.1) is 0 Å². The molecule has 2 N–H and O–H groups in total. The number of nitrogens with zero attached hydrogens (tertiary/aromatic N) is 2. The van der Waals surface area contributed by atoms with E-state index in [9.17, 15) is 14.7 Å². The van der Waals surface area contributed by atoms with E-state index in [0.717, 1.165) is 31.2 Å². The molecule has 1 saturated heterocycles. The first-order valence-electron chi connectivity index (χ1n) is 8.56. The van der Waals surface area contributed by atoms with Crippen molar-refractivity contribution in [2.75, 3.05) is 20.1 Å². The average molecular weight is 331 g/mol. The normalized spacial score (nSPS) is 20.9. The van der Waals surface area contributed by atoms with Crippen LogP contribution in [0.5, 0.6) is 5.75 Å². The molecule has 2 fully saturated rings. The smallest absolute Gasteiger partial charge is 0.325 e. The molecule has 6 heteroatoms. The molecule has 1 spiro atoms. The van der Waals surface area contributed by atoms with Gasteiger partial charge < -0.3 is 10.4 Å². The zero-order valence-electron chi connectivity index (χ0n) is 14.3. The maximum atomic E-state index is 12.6. The Morgan fingerprint density at radius 2 is 2.04 bits per heavy atom. The lowest BCUT2D eigenvalue weighted by Crippen LogP contribution is -2.44. The topological polar surface area (TPSA) is 72.9 Å². The number of phenolic OH excluding ortho intramolecular Hbond substituents is 1. The molecule has 1 heterocycles. The summed E-state index contributed by atoms with van der Waals surface area (Å²) in [6.45, 7) is 3.01. The van der Waals surface area contributed by atoms with E-state index in [2.05, 4.69) is 10.2 Å². The summed E-state index contributed by atoms with van der Waals surface area (Å²) in [5.74, 6) is 0.174. The highest BCUT2D eigenvalue weighted by Gasteiger charge is 2.52. The van der Waals surface area contributed by atoms with Crippen LogP contribution in [0.3, 0.4) is 0 Å². The number of benzene rings is 1. The van der Waals surface area contributed by atoms with Gasteiger partial charge in [-0.25, -0.2) is 4.79 Å². The second-order valence-electron chi connectivity index (χ2n) is 6.93. The Bertz CT molecular complexity index is 640. The first kappa shape index (κ1) is 16.8. The van der Waals surface area contributed by atoms with Crippen molar-refractivity contribution in [2.24, 2.45) is 0 Å². The van der Waals surface area contributed by atoms with E-state index in [0.29, 0.717) is 13.1 Å². The molecule has 1 saturated carbocycles. The molecular weight excluding hydrogens is 306 g/mol. The van der Waals surface area contributed by atoms with E-state index in [-0.39, 0.29) is 23.7 Å². The maximum Gasteiger partial charge on any atom is 0.325 e. The summed E-state index contributed by atoms with van der Waals surface area (Å²) in [7, 11) is 1.96. The van der Waals surface area contributed by atoms with E-state index in [1.54, 1.807) is 12.1 Å². The van der Waals surface area contributed by atoms with Gasteiger partial charge in [-0.05, 0) is 44.5 Å². The lowest BCUT2D eigenvalue weighted by atomic mass is 9.98. The van der Waals surface area contributed by atoms with Crippen LogP contribution in [-0.2, 0) is 4.79 Å². The molecule has 1 aromatic carbocycles. The van der Waals surface area contributed by atoms with Crippen molar-refractivity contribution >= 4 is 11.9 Å². The molecule has 130 valence electrons. The first-order valence-corrected chi connectivity index (χ1v) is 8.56. The van der Waals surface area contributed by atoms with Crippen molar-refractivity contribution in [1.82, 2.24) is 15.1 Å². The molecule has 2 aliphatic rings. The van der Waals surface area contributed by atoms with E-state index < -0.39 is 5.54 Å². The van der Waals surface area contributed by atoms with E-state index in [1.165, 1.54) is 4.90 Å². The van der Waals surface area contributed by atoms with Crippen LogP contribution in [0.2, 0.25) is 0 Å². The van der Waals surface area contributed by atoms with Crippen molar-refractivity contribution in [3.05, 3.63) is 29.8 Å². The molecule has 3 rings (SSSR count). The number of hydrogen-bond acceptors (Lipinski definition) is 4. The highest BCUT2D eigenvalue weighted by atomic mass is 16.3. The number of carbonyl (C=O) groups excluding carboxylic acids is 2. The minimum Gasteiger partial charge on any atom is -0.508 e. The molecule has 6 nitrogen and oxygen atoms in total. The van der Waals surface area contributed by atoms with Crippen LogP contribution in [0.4, 0.5) is 4.79 Å². The van der Waals surface area contributed by atoms with Crippen molar-refractivity contribution in [1.29, 1.82) is 0 Å². The summed E-state index contributed by atoms with van der Waals surface area (Å²) in [5, 5.41) is 12.5. The minimum absolute atomic E-state index is 0.0663. The number of nitrogens with one attached hydrogen (secondary N) is 1. The quantitative estimate of drug-likeness (QED) is 0.812. The number of urea groups is 1. The number of hydrogen-bond donors (Lipinski definition) is 2. The molecule has 1 aliphatic carbocycles. The third-order valence-electron chi connectivity index (χ3n) is 5.39. The Kier molecular flexibility index (Phi) is 4.49. The lowest BCUT2D eigenvalue weighted by Gasteiger charge is -2.27. The van der Waals surface area contributed by atoms with E-state index >= 15 is 0 Å². The largest absolute Gasteiger partial charge is 0.508 e. The average Bonchev–Trinajstić information content (AvgIpc) is 3.11. The van der Waals surface area contributed by atoms with Gasteiger partial charge in [-0.2, -0.15) is 0 Å². The minimum atomic E-state index is -0.632. The summed E-state index contributed by atoms with van der Waals surface area (Å²) >= 11 is 0. The van der Waals surface area contributed by atoms with Crippen molar-refractivity contribution in [3.63, 3.8) is 0 Å². The van der Waals surface area contributed by atoms with Crippen molar-refractivity contribution in [3.8, 4) is 5.75 Å². The SMILES string of the molecule is CC(c1cccc(O)c1)N(C)CCN1C(=O)NC2(CCCC2)C1=O. The molecule has 0 radical (unpaired) electrons.